The fraction of sp³-hybridized carbons (Fsp3) is 0.200. The van der Waals surface area contributed by atoms with E-state index in [4.69, 9.17) is 15.9 Å². The number of rotatable bonds is 2. The third kappa shape index (κ3) is 3.80. The van der Waals surface area contributed by atoms with Crippen LogP contribution in [-0.2, 0) is 6.42 Å². The van der Waals surface area contributed by atoms with E-state index in [-0.39, 0.29) is 26.4 Å². The van der Waals surface area contributed by atoms with Crippen molar-refractivity contribution >= 4 is 0 Å². The molecule has 0 saturated heterocycles. The van der Waals surface area contributed by atoms with Crippen LogP contribution in [-0.4, -0.2) is 16.8 Å². The Morgan fingerprint density at radius 1 is 1.08 bits per heavy atom. The maximum atomic E-state index is 9.04. The molecule has 1 rings (SSSR count). The van der Waals surface area contributed by atoms with Crippen molar-refractivity contribution in [2.24, 2.45) is 5.73 Å². The molecule has 0 saturated carbocycles. The molecule has 1 aromatic carbocycles. The number of hydrogen-bond acceptors (Lipinski definition) is 3. The van der Waals surface area contributed by atoms with Crippen molar-refractivity contribution in [1.82, 2.24) is 0 Å². The Bertz CT molecular complexity index is 249. The van der Waals surface area contributed by atoms with E-state index in [1.54, 1.807) is 6.07 Å². The van der Waals surface area contributed by atoms with Gasteiger partial charge in [0.2, 0.25) is 0 Å². The first-order valence-corrected chi connectivity index (χ1v) is 3.45. The average Bonchev–Trinajstić information content (AvgIpc) is 1.98. The van der Waals surface area contributed by atoms with Gasteiger partial charge in [-0.2, -0.15) is 0 Å². The SMILES string of the molecule is NCCc1ccc(O)c(O)c1.[C].[C]. The summed E-state index contributed by atoms with van der Waals surface area (Å²) in [5.41, 5.74) is 6.24. The van der Waals surface area contributed by atoms with Crippen molar-refractivity contribution in [1.29, 1.82) is 0 Å². The molecular weight excluding hydrogens is 166 g/mol. The highest BCUT2D eigenvalue weighted by atomic mass is 16.3. The van der Waals surface area contributed by atoms with Gasteiger partial charge in [0.15, 0.2) is 11.5 Å². The van der Waals surface area contributed by atoms with Crippen LogP contribution in [0.3, 0.4) is 0 Å². The zero-order chi connectivity index (χ0) is 8.27. The number of hydrogen-bond donors (Lipinski definition) is 3. The molecule has 0 bridgehead atoms. The van der Waals surface area contributed by atoms with Crippen LogP contribution < -0.4 is 5.73 Å². The minimum atomic E-state index is -0.0919. The largest absolute Gasteiger partial charge is 0.504 e. The predicted molar refractivity (Wildman–Crippen MR) is 49.0 cm³/mol. The molecule has 0 aromatic heterocycles. The molecule has 0 spiro atoms. The Labute approximate surface area is 79.8 Å². The summed E-state index contributed by atoms with van der Waals surface area (Å²) in [6.45, 7) is 0.546. The van der Waals surface area contributed by atoms with E-state index >= 15 is 0 Å². The molecule has 3 heteroatoms. The van der Waals surface area contributed by atoms with Gasteiger partial charge in [0.1, 0.15) is 0 Å². The van der Waals surface area contributed by atoms with Crippen molar-refractivity contribution in [3.8, 4) is 11.5 Å². The zero-order valence-corrected chi connectivity index (χ0v) is 7.12. The van der Waals surface area contributed by atoms with E-state index in [1.807, 2.05) is 0 Å². The lowest BCUT2D eigenvalue weighted by Crippen LogP contribution is -2.02. The van der Waals surface area contributed by atoms with Crippen LogP contribution in [0.2, 0.25) is 0 Å². The highest BCUT2D eigenvalue weighted by Crippen LogP contribution is 2.24. The molecule has 8 radical (unpaired) electrons. The number of aromatic hydroxyl groups is 2. The molecule has 68 valence electrons. The van der Waals surface area contributed by atoms with Crippen molar-refractivity contribution in [2.75, 3.05) is 6.54 Å². The minimum absolute atomic E-state index is 0. The second kappa shape index (κ2) is 6.31. The first kappa shape index (κ1) is 14.3. The van der Waals surface area contributed by atoms with Crippen LogP contribution in [0.5, 0.6) is 11.5 Å². The Hall–Kier alpha value is -1.22. The number of phenolic OH excluding ortho intramolecular Hbond substituents is 2. The lowest BCUT2D eigenvalue weighted by atomic mass is 10.1. The van der Waals surface area contributed by atoms with Gasteiger partial charge in [0.25, 0.3) is 0 Å². The average molecular weight is 177 g/mol. The van der Waals surface area contributed by atoms with E-state index in [1.165, 1.54) is 12.1 Å². The van der Waals surface area contributed by atoms with Gasteiger partial charge in [0.05, 0.1) is 0 Å². The van der Waals surface area contributed by atoms with Crippen LogP contribution in [0.15, 0.2) is 18.2 Å². The summed E-state index contributed by atoms with van der Waals surface area (Å²) in [6.07, 6.45) is 0.716. The van der Waals surface area contributed by atoms with Gasteiger partial charge in [0, 0.05) is 14.9 Å². The highest BCUT2D eigenvalue weighted by Gasteiger charge is 1.98. The molecule has 0 amide bonds. The van der Waals surface area contributed by atoms with E-state index < -0.39 is 0 Å². The van der Waals surface area contributed by atoms with E-state index in [2.05, 4.69) is 0 Å². The molecule has 1 aromatic rings. The maximum Gasteiger partial charge on any atom is 0.157 e. The normalized spacial score (nSPS) is 8.38. The zero-order valence-electron chi connectivity index (χ0n) is 7.12. The topological polar surface area (TPSA) is 66.5 Å². The van der Waals surface area contributed by atoms with E-state index in [0.29, 0.717) is 13.0 Å². The van der Waals surface area contributed by atoms with Crippen molar-refractivity contribution in [3.05, 3.63) is 38.6 Å². The lowest BCUT2D eigenvalue weighted by Gasteiger charge is -2.00. The van der Waals surface area contributed by atoms with Gasteiger partial charge >= 0.3 is 0 Å². The summed E-state index contributed by atoms with van der Waals surface area (Å²) in [6, 6.07) is 4.71. The smallest absolute Gasteiger partial charge is 0.157 e. The molecule has 0 heterocycles. The van der Waals surface area contributed by atoms with Crippen LogP contribution in [0.25, 0.3) is 0 Å². The second-order valence-electron chi connectivity index (χ2n) is 2.36. The molecule has 0 fully saturated rings. The molecule has 0 atom stereocenters. The monoisotopic (exact) mass is 177 g/mol. The molecule has 0 unspecified atom stereocenters. The summed E-state index contributed by atoms with van der Waals surface area (Å²) >= 11 is 0. The number of phenols is 2. The van der Waals surface area contributed by atoms with Gasteiger partial charge in [-0.3, -0.25) is 0 Å². The summed E-state index contributed by atoms with van der Waals surface area (Å²) in [7, 11) is 0. The Morgan fingerprint density at radius 2 is 1.69 bits per heavy atom. The maximum absolute atomic E-state index is 9.04. The molecule has 0 aliphatic heterocycles. The van der Waals surface area contributed by atoms with Crippen LogP contribution in [0.1, 0.15) is 5.56 Å². The first-order chi connectivity index (χ1) is 5.24. The third-order valence-electron chi connectivity index (χ3n) is 1.47. The number of nitrogens with two attached hydrogens (primary N) is 1. The standard InChI is InChI=1S/C8H11NO2.2C/c9-4-3-6-1-2-7(10)8(11)5-6;;/h1-2,5,10-11H,3-4,9H2;;. The van der Waals surface area contributed by atoms with Gasteiger partial charge < -0.3 is 15.9 Å². The van der Waals surface area contributed by atoms with Gasteiger partial charge in [-0.15, -0.1) is 0 Å². The first-order valence-electron chi connectivity index (χ1n) is 3.45. The van der Waals surface area contributed by atoms with Crippen LogP contribution in [0, 0.1) is 14.9 Å². The molecule has 13 heavy (non-hydrogen) atoms. The Morgan fingerprint density at radius 3 is 2.15 bits per heavy atom. The van der Waals surface area contributed by atoms with Crippen LogP contribution >= 0.6 is 0 Å². The van der Waals surface area contributed by atoms with Crippen molar-refractivity contribution < 1.29 is 10.2 Å². The number of benzene rings is 1. The molecular formula is C10H11NO2. The van der Waals surface area contributed by atoms with Gasteiger partial charge in [-0.1, -0.05) is 6.07 Å². The Balaban J connectivity index is 0. The van der Waals surface area contributed by atoms with Gasteiger partial charge in [-0.05, 0) is 30.7 Å². The van der Waals surface area contributed by atoms with E-state index in [0.717, 1.165) is 5.56 Å². The molecule has 3 nitrogen and oxygen atoms in total. The Kier molecular flexibility index (Phi) is 6.95. The summed E-state index contributed by atoms with van der Waals surface area (Å²) < 4.78 is 0. The molecule has 0 aliphatic carbocycles. The summed E-state index contributed by atoms with van der Waals surface area (Å²) in [5, 5.41) is 18.0. The van der Waals surface area contributed by atoms with Crippen molar-refractivity contribution in [2.45, 2.75) is 6.42 Å². The van der Waals surface area contributed by atoms with Gasteiger partial charge in [-0.25, -0.2) is 0 Å². The quantitative estimate of drug-likeness (QED) is 0.584. The fourth-order valence-electron chi connectivity index (χ4n) is 0.891. The second-order valence-corrected chi connectivity index (χ2v) is 2.36. The van der Waals surface area contributed by atoms with Crippen LogP contribution in [0.4, 0.5) is 0 Å². The fourth-order valence-corrected chi connectivity index (χ4v) is 0.891. The minimum Gasteiger partial charge on any atom is -0.504 e. The lowest BCUT2D eigenvalue weighted by molar-refractivity contribution is 0.403. The molecule has 0 aliphatic rings. The summed E-state index contributed by atoms with van der Waals surface area (Å²) in [4.78, 5) is 0. The third-order valence-corrected chi connectivity index (χ3v) is 1.47. The highest BCUT2D eigenvalue weighted by molar-refractivity contribution is 5.40. The predicted octanol–water partition coefficient (Wildman–Crippen LogP) is 0.762. The van der Waals surface area contributed by atoms with E-state index in [9.17, 15) is 0 Å². The van der Waals surface area contributed by atoms with Crippen molar-refractivity contribution in [3.63, 3.8) is 0 Å². The summed E-state index contributed by atoms with van der Waals surface area (Å²) in [5.74, 6) is -0.179. The molecule has 4 N–H and O–H groups in total.